The summed E-state index contributed by atoms with van der Waals surface area (Å²) in [6.45, 7) is 5.81. The molecule has 0 aromatic rings. The van der Waals surface area contributed by atoms with Gasteiger partial charge in [0, 0.05) is 12.8 Å². The topological polar surface area (TPSA) is 26.3 Å². The second-order valence-corrected chi connectivity index (χ2v) is 5.78. The maximum atomic E-state index is 13.5. The highest BCUT2D eigenvalue weighted by Gasteiger charge is 2.47. The molecule has 0 heterocycles. The predicted molar refractivity (Wildman–Crippen MR) is 57.2 cm³/mol. The third-order valence-electron chi connectivity index (χ3n) is 3.42. The van der Waals surface area contributed by atoms with E-state index in [1.165, 1.54) is 7.11 Å². The fraction of sp³-hybridized carbons (Fsp3) is 0.917. The molecule has 1 aliphatic rings. The van der Waals surface area contributed by atoms with E-state index in [-0.39, 0.29) is 24.2 Å². The van der Waals surface area contributed by atoms with Gasteiger partial charge < -0.3 is 4.74 Å². The number of hydrogen-bond donors (Lipinski definition) is 0. The third kappa shape index (κ3) is 3.16. The summed E-state index contributed by atoms with van der Waals surface area (Å²) < 4.78 is 31.6. The molecule has 1 saturated carbocycles. The summed E-state index contributed by atoms with van der Waals surface area (Å²) in [7, 11) is 1.25. The first-order valence-electron chi connectivity index (χ1n) is 5.61. The van der Waals surface area contributed by atoms with Gasteiger partial charge >= 0.3 is 5.97 Å². The van der Waals surface area contributed by atoms with Crippen molar-refractivity contribution in [3.05, 3.63) is 0 Å². The van der Waals surface area contributed by atoms with Crippen molar-refractivity contribution in [2.75, 3.05) is 7.11 Å². The molecule has 4 heteroatoms. The van der Waals surface area contributed by atoms with Crippen molar-refractivity contribution in [3.63, 3.8) is 0 Å². The van der Waals surface area contributed by atoms with Crippen molar-refractivity contribution in [2.45, 2.75) is 46.0 Å². The van der Waals surface area contributed by atoms with Crippen LogP contribution in [0.2, 0.25) is 0 Å². The van der Waals surface area contributed by atoms with Crippen LogP contribution < -0.4 is 0 Å². The molecule has 2 atom stereocenters. The standard InChI is InChI=1S/C12H20F2O2/c1-11(2,3)9-5-8(10(15)16-4)6-12(13,14)7-9/h8-9H,5-7H2,1-4H3. The normalized spacial score (nSPS) is 29.9. The van der Waals surface area contributed by atoms with Crippen LogP contribution in [0.3, 0.4) is 0 Å². The quantitative estimate of drug-likeness (QED) is 0.651. The van der Waals surface area contributed by atoms with Crippen molar-refractivity contribution >= 4 is 5.97 Å². The minimum Gasteiger partial charge on any atom is -0.469 e. The summed E-state index contributed by atoms with van der Waals surface area (Å²) in [6, 6.07) is 0. The molecule has 1 fully saturated rings. The summed E-state index contributed by atoms with van der Waals surface area (Å²) in [5, 5.41) is 0. The minimum atomic E-state index is -2.74. The van der Waals surface area contributed by atoms with Gasteiger partial charge in [-0.15, -0.1) is 0 Å². The second-order valence-electron chi connectivity index (χ2n) is 5.78. The van der Waals surface area contributed by atoms with E-state index in [2.05, 4.69) is 4.74 Å². The molecule has 0 radical (unpaired) electrons. The van der Waals surface area contributed by atoms with Crippen molar-refractivity contribution in [1.29, 1.82) is 0 Å². The first-order valence-corrected chi connectivity index (χ1v) is 5.61. The van der Waals surface area contributed by atoms with Gasteiger partial charge in [-0.1, -0.05) is 20.8 Å². The Balaban J connectivity index is 2.82. The van der Waals surface area contributed by atoms with Gasteiger partial charge in [0.2, 0.25) is 5.92 Å². The minimum absolute atomic E-state index is 0.121. The Hall–Kier alpha value is -0.670. The average molecular weight is 234 g/mol. The summed E-state index contributed by atoms with van der Waals surface area (Å²) in [4.78, 5) is 11.4. The van der Waals surface area contributed by atoms with Crippen LogP contribution in [0, 0.1) is 17.3 Å². The van der Waals surface area contributed by atoms with Gasteiger partial charge in [0.1, 0.15) is 0 Å². The highest BCUT2D eigenvalue weighted by atomic mass is 19.3. The molecule has 0 aromatic carbocycles. The summed E-state index contributed by atoms with van der Waals surface area (Å²) >= 11 is 0. The molecule has 0 aliphatic heterocycles. The van der Waals surface area contributed by atoms with Crippen LogP contribution in [0.25, 0.3) is 0 Å². The first kappa shape index (κ1) is 13.4. The number of alkyl halides is 2. The molecule has 0 aromatic heterocycles. The SMILES string of the molecule is COC(=O)C1CC(C(C)(C)C)CC(F)(F)C1. The Labute approximate surface area is 95.4 Å². The number of rotatable bonds is 1. The van der Waals surface area contributed by atoms with Gasteiger partial charge in [0.15, 0.2) is 0 Å². The van der Waals surface area contributed by atoms with Crippen molar-refractivity contribution in [3.8, 4) is 0 Å². The molecular formula is C12H20F2O2. The van der Waals surface area contributed by atoms with Crippen LogP contribution in [0.5, 0.6) is 0 Å². The molecule has 1 aliphatic carbocycles. The molecule has 0 saturated heterocycles. The monoisotopic (exact) mass is 234 g/mol. The van der Waals surface area contributed by atoms with E-state index >= 15 is 0 Å². The van der Waals surface area contributed by atoms with E-state index in [9.17, 15) is 13.6 Å². The van der Waals surface area contributed by atoms with E-state index in [1.807, 2.05) is 20.8 Å². The van der Waals surface area contributed by atoms with Crippen LogP contribution in [0.1, 0.15) is 40.0 Å². The molecular weight excluding hydrogens is 214 g/mol. The lowest BCUT2D eigenvalue weighted by Crippen LogP contribution is -2.40. The Morgan fingerprint density at radius 3 is 2.31 bits per heavy atom. The number of esters is 1. The molecule has 0 N–H and O–H groups in total. The van der Waals surface area contributed by atoms with Crippen LogP contribution in [0.4, 0.5) is 8.78 Å². The van der Waals surface area contributed by atoms with Crippen LogP contribution in [0.15, 0.2) is 0 Å². The Morgan fingerprint density at radius 1 is 1.31 bits per heavy atom. The number of carbonyl (C=O) groups excluding carboxylic acids is 1. The van der Waals surface area contributed by atoms with E-state index in [1.54, 1.807) is 0 Å². The van der Waals surface area contributed by atoms with Crippen LogP contribution in [-0.2, 0) is 9.53 Å². The zero-order valence-corrected chi connectivity index (χ0v) is 10.3. The number of hydrogen-bond acceptors (Lipinski definition) is 2. The molecule has 2 unspecified atom stereocenters. The molecule has 94 valence electrons. The van der Waals surface area contributed by atoms with Gasteiger partial charge in [0.05, 0.1) is 13.0 Å². The van der Waals surface area contributed by atoms with Gasteiger partial charge in [-0.25, -0.2) is 8.78 Å². The van der Waals surface area contributed by atoms with Crippen LogP contribution in [-0.4, -0.2) is 19.0 Å². The van der Waals surface area contributed by atoms with Gasteiger partial charge in [-0.05, 0) is 17.8 Å². The number of carbonyl (C=O) groups is 1. The maximum absolute atomic E-state index is 13.5. The molecule has 16 heavy (non-hydrogen) atoms. The summed E-state index contributed by atoms with van der Waals surface area (Å²) in [6.07, 6.45) is 0.0159. The van der Waals surface area contributed by atoms with E-state index in [4.69, 9.17) is 0 Å². The highest BCUT2D eigenvalue weighted by Crippen LogP contribution is 2.47. The Bertz CT molecular complexity index is 269. The van der Waals surface area contributed by atoms with Crippen LogP contribution >= 0.6 is 0 Å². The van der Waals surface area contributed by atoms with E-state index < -0.39 is 17.8 Å². The number of methoxy groups -OCH3 is 1. The maximum Gasteiger partial charge on any atom is 0.308 e. The molecule has 0 spiro atoms. The smallest absolute Gasteiger partial charge is 0.308 e. The highest BCUT2D eigenvalue weighted by molar-refractivity contribution is 5.72. The number of ether oxygens (including phenoxy) is 1. The summed E-state index contributed by atoms with van der Waals surface area (Å²) in [5.74, 6) is -4.04. The lowest BCUT2D eigenvalue weighted by molar-refractivity contribution is -0.157. The van der Waals surface area contributed by atoms with Gasteiger partial charge in [0.25, 0.3) is 0 Å². The molecule has 2 nitrogen and oxygen atoms in total. The van der Waals surface area contributed by atoms with E-state index in [0.717, 1.165) is 0 Å². The lowest BCUT2D eigenvalue weighted by Gasteiger charge is -2.40. The van der Waals surface area contributed by atoms with Crippen molar-refractivity contribution in [2.24, 2.45) is 17.3 Å². The molecule has 0 bridgehead atoms. The van der Waals surface area contributed by atoms with Crippen molar-refractivity contribution < 1.29 is 18.3 Å². The summed E-state index contributed by atoms with van der Waals surface area (Å²) in [5.41, 5.74) is -0.198. The molecule has 0 amide bonds. The Kier molecular flexibility index (Phi) is 3.60. The largest absolute Gasteiger partial charge is 0.469 e. The third-order valence-corrected chi connectivity index (χ3v) is 3.42. The Morgan fingerprint density at radius 2 is 1.88 bits per heavy atom. The zero-order chi connectivity index (χ0) is 12.6. The average Bonchev–Trinajstić information content (AvgIpc) is 2.12. The van der Waals surface area contributed by atoms with Crippen molar-refractivity contribution in [1.82, 2.24) is 0 Å². The number of halogens is 2. The lowest BCUT2D eigenvalue weighted by atomic mass is 9.68. The second kappa shape index (κ2) is 4.30. The first-order chi connectivity index (χ1) is 7.15. The zero-order valence-electron chi connectivity index (χ0n) is 10.3. The van der Waals surface area contributed by atoms with Gasteiger partial charge in [-0.3, -0.25) is 4.79 Å². The van der Waals surface area contributed by atoms with Gasteiger partial charge in [-0.2, -0.15) is 0 Å². The predicted octanol–water partition coefficient (Wildman–Crippen LogP) is 3.26. The fourth-order valence-electron chi connectivity index (χ4n) is 2.32. The molecule has 1 rings (SSSR count). The fourth-order valence-corrected chi connectivity index (χ4v) is 2.32. The van der Waals surface area contributed by atoms with E-state index in [0.29, 0.717) is 6.42 Å².